The van der Waals surface area contributed by atoms with Gasteiger partial charge >= 0.3 is 12.1 Å². The van der Waals surface area contributed by atoms with Crippen molar-refractivity contribution in [3.05, 3.63) is 11.4 Å². The average molecular weight is 445 g/mol. The molecule has 1 aromatic rings. The van der Waals surface area contributed by atoms with Crippen molar-refractivity contribution in [2.75, 3.05) is 46.7 Å². The number of carboxylic acids is 1. The highest BCUT2D eigenvalue weighted by Crippen LogP contribution is 2.28. The van der Waals surface area contributed by atoms with E-state index in [2.05, 4.69) is 10.3 Å². The number of halogens is 3. The van der Waals surface area contributed by atoms with Crippen molar-refractivity contribution < 1.29 is 36.2 Å². The van der Waals surface area contributed by atoms with Crippen molar-refractivity contribution in [1.82, 2.24) is 24.2 Å². The van der Waals surface area contributed by atoms with Crippen molar-refractivity contribution in [1.29, 1.82) is 0 Å². The summed E-state index contributed by atoms with van der Waals surface area (Å²) in [5, 5.41) is 15.4. The lowest BCUT2D eigenvalue weighted by Crippen LogP contribution is -2.40. The van der Waals surface area contributed by atoms with Crippen molar-refractivity contribution >= 4 is 16.0 Å². The van der Waals surface area contributed by atoms with Crippen LogP contribution in [0.5, 0.6) is 0 Å². The Balaban J connectivity index is 0.000000516. The minimum atomic E-state index is -5.08. The summed E-state index contributed by atoms with van der Waals surface area (Å²) < 4.78 is 64.5. The second kappa shape index (κ2) is 10.3. The van der Waals surface area contributed by atoms with Crippen LogP contribution in [0.15, 0.2) is 0 Å². The molecule has 10 nitrogen and oxygen atoms in total. The SMILES string of the molecule is CCn1nnc2c1C(COCCN(C)C)CN(S(C)(=O)=O)C2.O=C(O)C(F)(F)F. The van der Waals surface area contributed by atoms with E-state index in [-0.39, 0.29) is 5.92 Å². The van der Waals surface area contributed by atoms with E-state index in [1.807, 2.05) is 30.6 Å². The smallest absolute Gasteiger partial charge is 0.475 e. The highest BCUT2D eigenvalue weighted by molar-refractivity contribution is 7.88. The van der Waals surface area contributed by atoms with Crippen LogP contribution in [0.2, 0.25) is 0 Å². The van der Waals surface area contributed by atoms with Crippen molar-refractivity contribution in [2.24, 2.45) is 0 Å². The highest BCUT2D eigenvalue weighted by atomic mass is 32.2. The topological polar surface area (TPSA) is 118 Å². The van der Waals surface area contributed by atoms with Crippen molar-refractivity contribution in [2.45, 2.75) is 32.1 Å². The first kappa shape index (κ1) is 25.3. The fourth-order valence-electron chi connectivity index (χ4n) is 2.57. The molecule has 0 bridgehead atoms. The summed E-state index contributed by atoms with van der Waals surface area (Å²) in [4.78, 5) is 10.9. The molecule has 0 aliphatic carbocycles. The summed E-state index contributed by atoms with van der Waals surface area (Å²) in [5.74, 6) is -2.79. The molecule has 14 heteroatoms. The Bertz CT molecular complexity index is 782. The fourth-order valence-corrected chi connectivity index (χ4v) is 3.38. The number of hydrogen-bond acceptors (Lipinski definition) is 7. The third kappa shape index (κ3) is 7.87. The van der Waals surface area contributed by atoms with E-state index in [4.69, 9.17) is 14.6 Å². The summed E-state index contributed by atoms with van der Waals surface area (Å²) in [6.07, 6.45) is -3.85. The van der Waals surface area contributed by atoms with Gasteiger partial charge < -0.3 is 14.7 Å². The highest BCUT2D eigenvalue weighted by Gasteiger charge is 2.38. The summed E-state index contributed by atoms with van der Waals surface area (Å²) >= 11 is 0. The second-order valence-electron chi connectivity index (χ2n) is 6.67. The van der Waals surface area contributed by atoms with E-state index in [1.54, 1.807) is 0 Å². The number of carboxylic acid groups (broad SMARTS) is 1. The first-order valence-electron chi connectivity index (χ1n) is 8.67. The molecule has 0 radical (unpaired) electrons. The predicted octanol–water partition coefficient (Wildman–Crippen LogP) is 0.368. The Kier molecular flexibility index (Phi) is 8.99. The average Bonchev–Trinajstić information content (AvgIpc) is 3.00. The van der Waals surface area contributed by atoms with E-state index in [0.29, 0.717) is 26.3 Å². The van der Waals surface area contributed by atoms with Crippen LogP contribution >= 0.6 is 0 Å². The van der Waals surface area contributed by atoms with E-state index in [0.717, 1.165) is 24.5 Å². The molecule has 29 heavy (non-hydrogen) atoms. The van der Waals surface area contributed by atoms with Crippen LogP contribution in [-0.4, -0.2) is 96.5 Å². The number of sulfonamides is 1. The Labute approximate surface area is 167 Å². The minimum Gasteiger partial charge on any atom is -0.475 e. The summed E-state index contributed by atoms with van der Waals surface area (Å²) in [6.45, 7) is 5.35. The molecule has 0 fully saturated rings. The zero-order valence-electron chi connectivity index (χ0n) is 16.7. The number of hydrogen-bond donors (Lipinski definition) is 1. The molecule has 0 aromatic carbocycles. The van der Waals surface area contributed by atoms with E-state index < -0.39 is 22.2 Å². The van der Waals surface area contributed by atoms with Gasteiger partial charge in [-0.2, -0.15) is 17.5 Å². The Morgan fingerprint density at radius 3 is 2.41 bits per heavy atom. The largest absolute Gasteiger partial charge is 0.490 e. The molecule has 1 aliphatic rings. The first-order valence-corrected chi connectivity index (χ1v) is 10.5. The van der Waals surface area contributed by atoms with Gasteiger partial charge in [-0.25, -0.2) is 17.9 Å². The third-order valence-electron chi connectivity index (χ3n) is 4.00. The molecule has 2 rings (SSSR count). The molecular weight excluding hydrogens is 419 g/mol. The van der Waals surface area contributed by atoms with Gasteiger partial charge in [0.1, 0.15) is 5.69 Å². The number of ether oxygens (including phenoxy) is 1. The molecule has 0 saturated heterocycles. The monoisotopic (exact) mass is 445 g/mol. The maximum absolute atomic E-state index is 11.9. The van der Waals surface area contributed by atoms with E-state index in [1.165, 1.54) is 10.6 Å². The third-order valence-corrected chi connectivity index (χ3v) is 5.21. The Morgan fingerprint density at radius 1 is 1.38 bits per heavy atom. The lowest BCUT2D eigenvalue weighted by Gasteiger charge is -2.30. The summed E-state index contributed by atoms with van der Waals surface area (Å²) in [6, 6.07) is 0. The maximum Gasteiger partial charge on any atom is 0.490 e. The van der Waals surface area contributed by atoms with Gasteiger partial charge in [0, 0.05) is 25.6 Å². The molecular formula is C15H26F3N5O5S. The molecule has 2 heterocycles. The quantitative estimate of drug-likeness (QED) is 0.598. The van der Waals surface area contributed by atoms with Gasteiger partial charge in [0.2, 0.25) is 10.0 Å². The number of alkyl halides is 3. The molecule has 0 amide bonds. The minimum absolute atomic E-state index is 0.0319. The van der Waals surface area contributed by atoms with Gasteiger partial charge in [0.25, 0.3) is 0 Å². The van der Waals surface area contributed by atoms with Gasteiger partial charge in [-0.05, 0) is 21.0 Å². The van der Waals surface area contributed by atoms with Crippen molar-refractivity contribution in [3.63, 3.8) is 0 Å². The van der Waals surface area contributed by atoms with E-state index in [9.17, 15) is 21.6 Å². The number of carbonyl (C=O) groups is 1. The molecule has 1 N–H and O–H groups in total. The van der Waals surface area contributed by atoms with Crippen LogP contribution in [0, 0.1) is 0 Å². The van der Waals surface area contributed by atoms with Crippen LogP contribution in [0.1, 0.15) is 24.2 Å². The maximum atomic E-state index is 11.9. The van der Waals surface area contributed by atoms with Crippen LogP contribution in [0.4, 0.5) is 13.2 Å². The number of aliphatic carboxylic acids is 1. The number of nitrogens with zero attached hydrogens (tertiary/aromatic N) is 5. The predicted molar refractivity (Wildman–Crippen MR) is 96.8 cm³/mol. The van der Waals surface area contributed by atoms with Crippen LogP contribution in [0.3, 0.4) is 0 Å². The Hall–Kier alpha value is -1.77. The standard InChI is InChI=1S/C13H25N5O3S.C2HF3O2/c1-5-18-13-11(10-21-7-6-16(2)3)8-17(22(4,19)20)9-12(13)14-15-18;3-2(4,5)1(6)7/h11H,5-10H2,1-4H3;(H,6,7). The summed E-state index contributed by atoms with van der Waals surface area (Å²) in [5.41, 5.74) is 1.74. The number of aryl methyl sites for hydroxylation is 1. The van der Waals surface area contributed by atoms with E-state index >= 15 is 0 Å². The lowest BCUT2D eigenvalue weighted by molar-refractivity contribution is -0.192. The molecule has 1 atom stereocenters. The van der Waals surface area contributed by atoms with Crippen LogP contribution < -0.4 is 0 Å². The van der Waals surface area contributed by atoms with Gasteiger partial charge in [-0.3, -0.25) is 0 Å². The van der Waals surface area contributed by atoms with Gasteiger partial charge in [0.15, 0.2) is 0 Å². The van der Waals surface area contributed by atoms with Crippen LogP contribution in [0.25, 0.3) is 0 Å². The number of rotatable bonds is 7. The molecule has 0 spiro atoms. The number of fused-ring (bicyclic) bond motifs is 1. The normalized spacial score (nSPS) is 17.6. The zero-order chi connectivity index (χ0) is 22.4. The molecule has 1 aliphatic heterocycles. The lowest BCUT2D eigenvalue weighted by atomic mass is 10.0. The molecule has 1 aromatic heterocycles. The second-order valence-corrected chi connectivity index (χ2v) is 8.65. The van der Waals surface area contributed by atoms with Gasteiger partial charge in [-0.15, -0.1) is 5.10 Å². The molecule has 168 valence electrons. The van der Waals surface area contributed by atoms with Crippen molar-refractivity contribution in [3.8, 4) is 0 Å². The molecule has 0 saturated carbocycles. The first-order chi connectivity index (χ1) is 13.3. The number of likely N-dealkylation sites (N-methyl/N-ethyl adjacent to an activating group) is 1. The Morgan fingerprint density at radius 2 is 1.97 bits per heavy atom. The van der Waals surface area contributed by atoms with Gasteiger partial charge in [-0.1, -0.05) is 5.21 Å². The van der Waals surface area contributed by atoms with Gasteiger partial charge in [0.05, 0.1) is 31.7 Å². The molecule has 1 unspecified atom stereocenters. The van der Waals surface area contributed by atoms with Crippen LogP contribution in [-0.2, 0) is 32.6 Å². The summed E-state index contributed by atoms with van der Waals surface area (Å²) in [7, 11) is 0.729. The number of aromatic nitrogens is 3. The zero-order valence-corrected chi connectivity index (χ0v) is 17.5. The fraction of sp³-hybridized carbons (Fsp3) is 0.800.